The highest BCUT2D eigenvalue weighted by Gasteiger charge is 2.27. The van der Waals surface area contributed by atoms with Crippen LogP contribution in [-0.4, -0.2) is 34.3 Å². The third-order valence-corrected chi connectivity index (χ3v) is 6.26. The third-order valence-electron chi connectivity index (χ3n) is 6.26. The molecule has 10 nitrogen and oxygen atoms in total. The van der Waals surface area contributed by atoms with Crippen LogP contribution in [0.1, 0.15) is 22.3 Å². The molecule has 3 aromatic carbocycles. The number of pyridine rings is 1. The van der Waals surface area contributed by atoms with Crippen molar-refractivity contribution in [2.24, 2.45) is 12.0 Å². The van der Waals surface area contributed by atoms with Crippen LogP contribution >= 0.6 is 0 Å². The first-order valence-corrected chi connectivity index (χ1v) is 12.2. The summed E-state index contributed by atoms with van der Waals surface area (Å²) in [7, 11) is 1.60. The number of aromatic nitrogens is 1. The SMILES string of the molecule is Cn1cc(-c2cc(C#N)ccc2C(=N)OC(=N)N[C@H]2N=C(c3ccccc3)c3ccccc3NC2=O)ccc1=O. The minimum atomic E-state index is -1.22. The second kappa shape index (κ2) is 10.9. The molecule has 1 atom stereocenters. The standard InChI is InChI=1S/C30H23N7O3/c1-37-17-20(12-14-25(37)38)23-15-18(16-31)11-13-21(23)27(32)40-30(33)36-28-29(39)34-24-10-6-5-9-22(24)26(35-28)19-7-3-2-4-8-19/h2-15,17,28,32H,1H3,(H2,33,36)(H,34,39)/t28-/m1/s1. The number of aliphatic imine (C=N–C) groups is 1. The highest BCUT2D eigenvalue weighted by atomic mass is 16.5. The van der Waals surface area contributed by atoms with Gasteiger partial charge in [0.1, 0.15) is 0 Å². The fourth-order valence-electron chi connectivity index (χ4n) is 4.30. The number of aryl methyl sites for hydroxylation is 1. The molecule has 0 spiro atoms. The molecule has 0 aliphatic carbocycles. The third kappa shape index (κ3) is 5.25. The van der Waals surface area contributed by atoms with E-state index >= 15 is 0 Å². The number of para-hydroxylation sites is 1. The second-order valence-electron chi connectivity index (χ2n) is 8.92. The maximum absolute atomic E-state index is 13.1. The normalized spacial score (nSPS) is 14.1. The fourth-order valence-corrected chi connectivity index (χ4v) is 4.30. The quantitative estimate of drug-likeness (QED) is 0.235. The first-order chi connectivity index (χ1) is 19.3. The number of carbonyl (C=O) groups is 1. The van der Waals surface area contributed by atoms with Gasteiger partial charge in [-0.2, -0.15) is 5.26 Å². The van der Waals surface area contributed by atoms with Crippen LogP contribution in [0, 0.1) is 22.1 Å². The molecule has 5 rings (SSSR count). The number of hydrogen-bond donors (Lipinski definition) is 4. The lowest BCUT2D eigenvalue weighted by molar-refractivity contribution is -0.117. The van der Waals surface area contributed by atoms with E-state index in [0.717, 1.165) is 11.1 Å². The van der Waals surface area contributed by atoms with Gasteiger partial charge in [-0.05, 0) is 41.5 Å². The Kier molecular flexibility index (Phi) is 7.03. The minimum absolute atomic E-state index is 0.210. The summed E-state index contributed by atoms with van der Waals surface area (Å²) in [6.07, 6.45) is 0.374. The molecule has 4 N–H and O–H groups in total. The maximum atomic E-state index is 13.1. The van der Waals surface area contributed by atoms with Crippen LogP contribution in [0.5, 0.6) is 0 Å². The second-order valence-corrected chi connectivity index (χ2v) is 8.92. The highest BCUT2D eigenvalue weighted by Crippen LogP contribution is 2.26. The predicted octanol–water partition coefficient (Wildman–Crippen LogP) is 3.61. The Morgan fingerprint density at radius 1 is 0.975 bits per heavy atom. The van der Waals surface area contributed by atoms with Crippen molar-refractivity contribution in [1.29, 1.82) is 16.1 Å². The lowest BCUT2D eigenvalue weighted by Crippen LogP contribution is -2.43. The summed E-state index contributed by atoms with van der Waals surface area (Å²) >= 11 is 0. The average Bonchev–Trinajstić information content (AvgIpc) is 3.10. The zero-order chi connectivity index (χ0) is 28.2. The number of ether oxygens (including phenoxy) is 1. The Hall–Kier alpha value is -5.82. The monoisotopic (exact) mass is 529 g/mol. The van der Waals surface area contributed by atoms with E-state index in [1.165, 1.54) is 22.8 Å². The molecule has 1 aliphatic heterocycles. The Labute approximate surface area is 229 Å². The number of nitriles is 1. The lowest BCUT2D eigenvalue weighted by Gasteiger charge is -2.17. The molecule has 0 unspecified atom stereocenters. The summed E-state index contributed by atoms with van der Waals surface area (Å²) in [6.45, 7) is 0. The van der Waals surface area contributed by atoms with E-state index in [4.69, 9.17) is 15.6 Å². The molecule has 196 valence electrons. The van der Waals surface area contributed by atoms with E-state index in [2.05, 4.69) is 21.7 Å². The molecular weight excluding hydrogens is 506 g/mol. The van der Waals surface area contributed by atoms with Crippen molar-refractivity contribution in [1.82, 2.24) is 9.88 Å². The molecule has 4 aromatic rings. The number of benzene rings is 3. The van der Waals surface area contributed by atoms with Gasteiger partial charge in [-0.15, -0.1) is 0 Å². The van der Waals surface area contributed by atoms with E-state index < -0.39 is 24.0 Å². The number of anilines is 1. The number of benzodiazepines with no additional fused rings is 1. The molecule has 1 aromatic heterocycles. The smallest absolute Gasteiger partial charge is 0.290 e. The Morgan fingerprint density at radius 3 is 2.48 bits per heavy atom. The van der Waals surface area contributed by atoms with Gasteiger partial charge < -0.3 is 19.9 Å². The van der Waals surface area contributed by atoms with Crippen molar-refractivity contribution in [3.05, 3.63) is 124 Å². The molecule has 10 heteroatoms. The summed E-state index contributed by atoms with van der Waals surface area (Å²) < 4.78 is 6.88. The molecule has 0 bridgehead atoms. The zero-order valence-electron chi connectivity index (χ0n) is 21.3. The zero-order valence-corrected chi connectivity index (χ0v) is 21.3. The van der Waals surface area contributed by atoms with Gasteiger partial charge in [0.25, 0.3) is 11.9 Å². The first-order valence-electron chi connectivity index (χ1n) is 12.2. The Morgan fingerprint density at radius 2 is 1.73 bits per heavy atom. The molecule has 40 heavy (non-hydrogen) atoms. The van der Waals surface area contributed by atoms with Crippen LogP contribution < -0.4 is 16.2 Å². The Bertz CT molecular complexity index is 1790. The molecule has 1 amide bonds. The van der Waals surface area contributed by atoms with Crippen molar-refractivity contribution >= 4 is 29.2 Å². The van der Waals surface area contributed by atoms with Crippen LogP contribution in [0.25, 0.3) is 11.1 Å². The number of rotatable bonds is 4. The van der Waals surface area contributed by atoms with Crippen LogP contribution in [0.4, 0.5) is 5.69 Å². The summed E-state index contributed by atoms with van der Waals surface area (Å²) in [5, 5.41) is 31.9. The number of amides is 1. The van der Waals surface area contributed by atoms with E-state index in [0.29, 0.717) is 28.1 Å². The van der Waals surface area contributed by atoms with Crippen molar-refractivity contribution in [3.8, 4) is 17.2 Å². The van der Waals surface area contributed by atoms with Crippen molar-refractivity contribution < 1.29 is 9.53 Å². The van der Waals surface area contributed by atoms with E-state index in [-0.39, 0.29) is 11.1 Å². The van der Waals surface area contributed by atoms with Gasteiger partial charge in [0.05, 0.1) is 23.0 Å². The van der Waals surface area contributed by atoms with Crippen LogP contribution in [0.15, 0.2) is 101 Å². The lowest BCUT2D eigenvalue weighted by atomic mass is 9.98. The van der Waals surface area contributed by atoms with Crippen molar-refractivity contribution in [3.63, 3.8) is 0 Å². The molecule has 0 saturated carbocycles. The van der Waals surface area contributed by atoms with Crippen LogP contribution in [0.3, 0.4) is 0 Å². The van der Waals surface area contributed by atoms with Crippen LogP contribution in [0.2, 0.25) is 0 Å². The summed E-state index contributed by atoms with van der Waals surface area (Å²) in [4.78, 5) is 29.6. The van der Waals surface area contributed by atoms with Crippen molar-refractivity contribution in [2.75, 3.05) is 5.32 Å². The Balaban J connectivity index is 1.43. The van der Waals surface area contributed by atoms with E-state index in [1.54, 1.807) is 31.4 Å². The summed E-state index contributed by atoms with van der Waals surface area (Å²) in [5.41, 5.74) is 4.14. The molecule has 0 fully saturated rings. The number of nitrogens with one attached hydrogen (secondary N) is 4. The topological polar surface area (TPSA) is 156 Å². The maximum Gasteiger partial charge on any atom is 0.290 e. The number of amidine groups is 1. The van der Waals surface area contributed by atoms with Crippen LogP contribution in [-0.2, 0) is 16.6 Å². The summed E-state index contributed by atoms with van der Waals surface area (Å²) in [5.74, 6) is -0.891. The van der Waals surface area contributed by atoms with Gasteiger partial charge in [-0.1, -0.05) is 48.5 Å². The number of nitrogens with zero attached hydrogens (tertiary/aromatic N) is 3. The van der Waals surface area contributed by atoms with Gasteiger partial charge in [0, 0.05) is 36.0 Å². The largest absolute Gasteiger partial charge is 0.407 e. The molecular formula is C30H23N7O3. The van der Waals surface area contributed by atoms with Gasteiger partial charge in [-0.3, -0.25) is 20.4 Å². The molecule has 0 saturated heterocycles. The van der Waals surface area contributed by atoms with E-state index in [9.17, 15) is 14.9 Å². The number of hydrogen-bond acceptors (Lipinski definition) is 7. The van der Waals surface area contributed by atoms with Gasteiger partial charge in [-0.25, -0.2) is 4.99 Å². The van der Waals surface area contributed by atoms with Gasteiger partial charge >= 0.3 is 0 Å². The van der Waals surface area contributed by atoms with Gasteiger partial charge in [0.2, 0.25) is 17.6 Å². The van der Waals surface area contributed by atoms with E-state index in [1.807, 2.05) is 48.5 Å². The summed E-state index contributed by atoms with van der Waals surface area (Å²) in [6, 6.07) is 25.8. The molecule has 1 aliphatic rings. The predicted molar refractivity (Wildman–Crippen MR) is 152 cm³/mol. The van der Waals surface area contributed by atoms with Crippen molar-refractivity contribution in [2.45, 2.75) is 6.17 Å². The minimum Gasteiger partial charge on any atom is -0.407 e. The first kappa shape index (κ1) is 25.8. The molecule has 2 heterocycles. The average molecular weight is 530 g/mol. The molecule has 0 radical (unpaired) electrons. The highest BCUT2D eigenvalue weighted by molar-refractivity contribution is 6.19. The fraction of sp³-hybridized carbons (Fsp3) is 0.0667. The number of fused-ring (bicyclic) bond motifs is 1. The van der Waals surface area contributed by atoms with Gasteiger partial charge in [0.15, 0.2) is 0 Å². The number of carbonyl (C=O) groups excluding carboxylic acids is 1.